The Morgan fingerprint density at radius 3 is 1.08 bits per heavy atom. The van der Waals surface area contributed by atoms with Crippen LogP contribution in [0.15, 0.2) is 0 Å². The Balaban J connectivity index is 6.48. The van der Waals surface area contributed by atoms with Crippen LogP contribution in [0.25, 0.3) is 0 Å². The normalized spacial score (nSPS) is 22.1. The van der Waals surface area contributed by atoms with E-state index in [9.17, 15) is 48.3 Å². The van der Waals surface area contributed by atoms with Gasteiger partial charge in [-0.3, -0.25) is 0 Å². The van der Waals surface area contributed by atoms with Crippen molar-refractivity contribution in [3.05, 3.63) is 0 Å². The van der Waals surface area contributed by atoms with Crippen LogP contribution in [-0.2, 0) is 0 Å². The van der Waals surface area contributed by atoms with Crippen molar-refractivity contribution >= 4 is 63.7 Å². The maximum absolute atomic E-state index is 13.9. The molecular formula is C8Br4F11N. The molecule has 0 amide bonds. The van der Waals surface area contributed by atoms with Crippen LogP contribution in [0.1, 0.15) is 0 Å². The van der Waals surface area contributed by atoms with E-state index in [-0.39, 0.29) is 6.07 Å². The minimum absolute atomic E-state index is 0.350. The number of rotatable bonds is 6. The molecule has 0 aliphatic rings. The van der Waals surface area contributed by atoms with Crippen LogP contribution in [0.4, 0.5) is 48.3 Å². The van der Waals surface area contributed by atoms with Crippen molar-refractivity contribution < 1.29 is 48.3 Å². The maximum Gasteiger partial charge on any atom is 0.381 e. The van der Waals surface area contributed by atoms with Crippen molar-refractivity contribution in [1.82, 2.24) is 0 Å². The molecule has 0 aromatic carbocycles. The fourth-order valence-corrected chi connectivity index (χ4v) is 3.00. The number of alkyl halides is 15. The van der Waals surface area contributed by atoms with Crippen LogP contribution in [0, 0.1) is 11.3 Å². The van der Waals surface area contributed by atoms with Crippen molar-refractivity contribution in [3.63, 3.8) is 0 Å². The highest BCUT2D eigenvalue weighted by atomic mass is 79.9. The lowest BCUT2D eigenvalue weighted by molar-refractivity contribution is -0.286. The second-order valence-corrected chi connectivity index (χ2v) is 8.33. The largest absolute Gasteiger partial charge is 0.381 e. The van der Waals surface area contributed by atoms with Gasteiger partial charge in [0.2, 0.25) is 0 Å². The summed E-state index contributed by atoms with van der Waals surface area (Å²) in [6.07, 6.45) is 0. The SMILES string of the molecule is N#CC(F)(F)C(F)(Br)C(F)(F)C(F)(Br)C(F)(F)C(F)(Br)C(F)(F)Br. The van der Waals surface area contributed by atoms with E-state index < -0.39 is 36.3 Å². The van der Waals surface area contributed by atoms with Crippen molar-refractivity contribution in [2.75, 3.05) is 0 Å². The van der Waals surface area contributed by atoms with Gasteiger partial charge in [0, 0.05) is 0 Å². The fraction of sp³-hybridized carbons (Fsp3) is 0.875. The summed E-state index contributed by atoms with van der Waals surface area (Å²) in [5.41, 5.74) is 0. The van der Waals surface area contributed by atoms with Crippen molar-refractivity contribution in [1.29, 1.82) is 5.26 Å². The molecule has 0 rings (SSSR count). The second-order valence-electron chi connectivity index (χ2n) is 4.06. The molecule has 3 atom stereocenters. The minimum atomic E-state index is -6.66. The Morgan fingerprint density at radius 1 is 0.542 bits per heavy atom. The first-order valence-electron chi connectivity index (χ1n) is 4.81. The highest BCUT2D eigenvalue weighted by Gasteiger charge is 2.88. The highest BCUT2D eigenvalue weighted by molar-refractivity contribution is 9.13. The zero-order valence-electron chi connectivity index (χ0n) is 10.1. The van der Waals surface area contributed by atoms with Crippen LogP contribution < -0.4 is 0 Å². The van der Waals surface area contributed by atoms with Crippen molar-refractivity contribution in [3.8, 4) is 6.07 Å². The van der Waals surface area contributed by atoms with E-state index in [1.54, 1.807) is 0 Å². The fourth-order valence-electron chi connectivity index (χ4n) is 1.04. The summed E-state index contributed by atoms with van der Waals surface area (Å²) < 4.78 is 129. The molecule has 0 aliphatic carbocycles. The summed E-state index contributed by atoms with van der Waals surface area (Å²) in [6, 6.07) is -0.350. The Hall–Kier alpha value is 0.640. The molecule has 0 aromatic heterocycles. The van der Waals surface area contributed by atoms with E-state index in [1.165, 1.54) is 0 Å². The third-order valence-corrected chi connectivity index (χ3v) is 6.53. The summed E-state index contributed by atoms with van der Waals surface area (Å²) in [4.78, 5) is -5.42. The Morgan fingerprint density at radius 2 is 0.833 bits per heavy atom. The van der Waals surface area contributed by atoms with E-state index in [4.69, 9.17) is 5.26 Å². The average molecular weight is 639 g/mol. The first-order chi connectivity index (χ1) is 10.1. The molecule has 0 spiro atoms. The Labute approximate surface area is 159 Å². The van der Waals surface area contributed by atoms with Crippen LogP contribution in [0.5, 0.6) is 0 Å². The zero-order chi connectivity index (χ0) is 20.2. The molecule has 142 valence electrons. The third kappa shape index (κ3) is 3.19. The van der Waals surface area contributed by atoms with Crippen molar-refractivity contribution in [2.45, 2.75) is 36.3 Å². The lowest BCUT2D eigenvalue weighted by Crippen LogP contribution is -2.70. The maximum atomic E-state index is 13.9. The third-order valence-electron chi connectivity index (χ3n) is 2.47. The van der Waals surface area contributed by atoms with Gasteiger partial charge in [-0.1, -0.05) is 0 Å². The minimum Gasteiger partial charge on any atom is -0.217 e. The van der Waals surface area contributed by atoms with Crippen LogP contribution in [0.2, 0.25) is 0 Å². The monoisotopic (exact) mass is 635 g/mol. The second kappa shape index (κ2) is 6.36. The molecule has 0 bridgehead atoms. The highest BCUT2D eigenvalue weighted by Crippen LogP contribution is 2.66. The molecular weight excluding hydrogens is 639 g/mol. The van der Waals surface area contributed by atoms with Gasteiger partial charge in [-0.05, 0) is 63.7 Å². The molecule has 0 fully saturated rings. The van der Waals surface area contributed by atoms with E-state index in [0.29, 0.717) is 0 Å². The van der Waals surface area contributed by atoms with E-state index >= 15 is 0 Å². The van der Waals surface area contributed by atoms with Crippen LogP contribution in [0.3, 0.4) is 0 Å². The molecule has 0 radical (unpaired) electrons. The van der Waals surface area contributed by atoms with Crippen LogP contribution in [-0.4, -0.2) is 36.3 Å². The summed E-state index contributed by atoms with van der Waals surface area (Å²) in [5.74, 6) is -19.1. The smallest absolute Gasteiger partial charge is 0.217 e. The molecule has 0 heterocycles. The first kappa shape index (κ1) is 24.6. The predicted octanol–water partition coefficient (Wildman–Crippen LogP) is 6.59. The number of halogens is 15. The van der Waals surface area contributed by atoms with E-state index in [1.807, 2.05) is 0 Å². The standard InChI is InChI=1S/C8Br4F11N/c9-3(15,2(13,14)1-24)6(18,19)4(10,16)7(20,21)5(11,17)8(12,22)23. The quantitative estimate of drug-likeness (QED) is 0.238. The van der Waals surface area contributed by atoms with Gasteiger partial charge >= 0.3 is 31.8 Å². The molecule has 0 saturated carbocycles. The van der Waals surface area contributed by atoms with Gasteiger partial charge in [0.05, 0.1) is 0 Å². The van der Waals surface area contributed by atoms with Gasteiger partial charge in [-0.25, -0.2) is 13.2 Å². The summed E-state index contributed by atoms with van der Waals surface area (Å²) >= 11 is 3.71. The molecule has 1 nitrogen and oxygen atoms in total. The Bertz CT molecular complexity index is 533. The topological polar surface area (TPSA) is 23.8 Å². The van der Waals surface area contributed by atoms with Crippen molar-refractivity contribution in [2.24, 2.45) is 0 Å². The molecule has 16 heteroatoms. The molecule has 24 heavy (non-hydrogen) atoms. The lowest BCUT2D eigenvalue weighted by Gasteiger charge is -2.44. The lowest BCUT2D eigenvalue weighted by atomic mass is 9.96. The molecule has 0 saturated heterocycles. The molecule has 0 aromatic rings. The number of hydrogen-bond donors (Lipinski definition) is 0. The summed E-state index contributed by atoms with van der Waals surface area (Å²) in [5, 5.41) is 7.91. The number of nitriles is 1. The first-order valence-corrected chi connectivity index (χ1v) is 7.98. The number of hydrogen-bond acceptors (Lipinski definition) is 1. The van der Waals surface area contributed by atoms with E-state index in [0.717, 1.165) is 63.7 Å². The molecule has 0 N–H and O–H groups in total. The van der Waals surface area contributed by atoms with Gasteiger partial charge < -0.3 is 0 Å². The average Bonchev–Trinajstić information content (AvgIpc) is 2.36. The number of nitrogens with zero attached hydrogens (tertiary/aromatic N) is 1. The van der Waals surface area contributed by atoms with Gasteiger partial charge in [0.25, 0.3) is 4.58 Å². The van der Waals surface area contributed by atoms with E-state index in [2.05, 4.69) is 0 Å². The zero-order valence-corrected chi connectivity index (χ0v) is 16.5. The van der Waals surface area contributed by atoms with Crippen LogP contribution >= 0.6 is 63.7 Å². The van der Waals surface area contributed by atoms with Gasteiger partial charge in [0.15, 0.2) is 0 Å². The van der Waals surface area contributed by atoms with Gasteiger partial charge in [-0.2, -0.15) is 40.4 Å². The predicted molar refractivity (Wildman–Crippen MR) is 72.6 cm³/mol. The summed E-state index contributed by atoms with van der Waals surface area (Å²) in [6.45, 7) is 0. The van der Waals surface area contributed by atoms with Gasteiger partial charge in [0.1, 0.15) is 6.07 Å². The molecule has 3 unspecified atom stereocenters. The summed E-state index contributed by atoms with van der Waals surface area (Å²) in [7, 11) is 0. The Kier molecular flexibility index (Phi) is 6.53. The van der Waals surface area contributed by atoms with Gasteiger partial charge in [-0.15, -0.1) is 0 Å². The molecule has 0 aliphatic heterocycles.